The van der Waals surface area contributed by atoms with Gasteiger partial charge in [0.2, 0.25) is 5.91 Å². The molecular weight excluding hydrogens is 1010 g/mol. The summed E-state index contributed by atoms with van der Waals surface area (Å²) in [5.41, 5.74) is 0. The number of rotatable bonds is 69. The van der Waals surface area contributed by atoms with Gasteiger partial charge in [-0.3, -0.25) is 9.59 Å². The summed E-state index contributed by atoms with van der Waals surface area (Å²) < 4.78 is 5.50. The average molecular weight is 1150 g/mol. The third-order valence-corrected chi connectivity index (χ3v) is 17.1. The van der Waals surface area contributed by atoms with Crippen LogP contribution in [0.25, 0.3) is 0 Å². The second-order valence-electron chi connectivity index (χ2n) is 25.3. The number of amides is 1. The molecule has 482 valence electrons. The van der Waals surface area contributed by atoms with Gasteiger partial charge in [0.25, 0.3) is 0 Å². The van der Waals surface area contributed by atoms with Gasteiger partial charge in [-0.05, 0) is 89.9 Å². The first kappa shape index (κ1) is 79.8. The number of hydrogen-bond acceptors (Lipinski definition) is 5. The zero-order valence-electron chi connectivity index (χ0n) is 55.2. The minimum absolute atomic E-state index is 0.00885. The molecule has 0 aliphatic heterocycles. The van der Waals surface area contributed by atoms with Gasteiger partial charge in [0.05, 0.1) is 25.4 Å². The quantitative estimate of drug-likeness (QED) is 0.0320. The van der Waals surface area contributed by atoms with Crippen LogP contribution in [-0.2, 0) is 14.3 Å². The maximum Gasteiger partial charge on any atom is 0.305 e. The smallest absolute Gasteiger partial charge is 0.305 e. The third kappa shape index (κ3) is 67.0. The Bertz CT molecular complexity index is 1370. The predicted molar refractivity (Wildman–Crippen MR) is 361 cm³/mol. The van der Waals surface area contributed by atoms with Gasteiger partial charge >= 0.3 is 5.97 Å². The normalized spacial score (nSPS) is 12.8. The minimum atomic E-state index is -0.840. The topological polar surface area (TPSA) is 95.9 Å². The summed E-state index contributed by atoms with van der Waals surface area (Å²) in [4.78, 5) is 24.5. The van der Waals surface area contributed by atoms with Crippen LogP contribution in [0.15, 0.2) is 48.6 Å². The van der Waals surface area contributed by atoms with E-state index in [4.69, 9.17) is 4.74 Å². The van der Waals surface area contributed by atoms with E-state index in [-0.39, 0.29) is 18.5 Å². The van der Waals surface area contributed by atoms with Gasteiger partial charge in [-0.15, -0.1) is 0 Å². The molecule has 6 heteroatoms. The van der Waals surface area contributed by atoms with Crippen LogP contribution in [0.4, 0.5) is 0 Å². The molecule has 0 aliphatic rings. The van der Waals surface area contributed by atoms with E-state index >= 15 is 0 Å². The standard InChI is InChI=1S/C76H143NO5/c1-3-5-7-9-11-13-15-16-17-44-47-50-54-58-62-66-70-76(81)82-71-67-63-59-55-51-48-45-42-40-38-36-34-32-30-28-26-24-22-20-18-19-21-23-25-27-29-31-33-35-37-39-41-43-46-49-53-57-61-65-69-75(80)77-73(72-78)74(79)68-64-60-56-52-14-12-10-8-6-4-2/h13,15,17-19,44,64,68,73-74,78-79H,3-12,14,16,20-43,45-63,65-67,69-72H2,1-2H3,(H,77,80)/b15-13-,19-18-,44-17-,68-64+. The zero-order valence-corrected chi connectivity index (χ0v) is 55.2. The summed E-state index contributed by atoms with van der Waals surface area (Å²) in [5.74, 6) is -0.0555. The van der Waals surface area contributed by atoms with Gasteiger partial charge in [-0.25, -0.2) is 0 Å². The van der Waals surface area contributed by atoms with Crippen molar-refractivity contribution in [2.24, 2.45) is 0 Å². The number of aliphatic hydroxyl groups is 2. The van der Waals surface area contributed by atoms with Gasteiger partial charge in [0.1, 0.15) is 0 Å². The maximum absolute atomic E-state index is 12.4. The van der Waals surface area contributed by atoms with Crippen LogP contribution in [0.3, 0.4) is 0 Å². The highest BCUT2D eigenvalue weighted by Gasteiger charge is 2.18. The first-order chi connectivity index (χ1) is 40.5. The SMILES string of the molecule is CCCCCC/C=C\C/C=C\CCCCCCCC(=O)OCCCCCCCCCCCCCCCCCCCC/C=C\CCCCCCCCCCCCCCCCCCCC(=O)NC(CO)C(O)/C=C/CCCCCCCCCC. The van der Waals surface area contributed by atoms with E-state index in [9.17, 15) is 19.8 Å². The number of esters is 1. The molecule has 2 unspecified atom stereocenters. The maximum atomic E-state index is 12.4. The number of carbonyl (C=O) groups is 2. The van der Waals surface area contributed by atoms with Crippen LogP contribution < -0.4 is 5.32 Å². The summed E-state index contributed by atoms with van der Waals surface area (Å²) in [6.07, 6.45) is 93.8. The van der Waals surface area contributed by atoms with Crippen molar-refractivity contribution in [1.29, 1.82) is 0 Å². The van der Waals surface area contributed by atoms with E-state index in [1.165, 1.54) is 321 Å². The molecular formula is C76H143NO5. The number of unbranched alkanes of at least 4 members (excludes halogenated alkanes) is 52. The predicted octanol–water partition coefficient (Wildman–Crippen LogP) is 24.0. The van der Waals surface area contributed by atoms with Crippen molar-refractivity contribution >= 4 is 11.9 Å². The van der Waals surface area contributed by atoms with Crippen molar-refractivity contribution in [3.8, 4) is 0 Å². The Hall–Kier alpha value is -2.18. The molecule has 0 aromatic carbocycles. The van der Waals surface area contributed by atoms with Crippen molar-refractivity contribution in [1.82, 2.24) is 5.32 Å². The average Bonchev–Trinajstić information content (AvgIpc) is 3.48. The minimum Gasteiger partial charge on any atom is -0.466 e. The van der Waals surface area contributed by atoms with E-state index in [2.05, 4.69) is 55.6 Å². The number of carbonyl (C=O) groups excluding carboxylic acids is 2. The highest BCUT2D eigenvalue weighted by molar-refractivity contribution is 5.76. The molecule has 0 saturated carbocycles. The van der Waals surface area contributed by atoms with Crippen LogP contribution in [0.2, 0.25) is 0 Å². The fourth-order valence-electron chi connectivity index (χ4n) is 11.4. The van der Waals surface area contributed by atoms with Crippen LogP contribution in [0.1, 0.15) is 399 Å². The number of hydrogen-bond donors (Lipinski definition) is 3. The Labute approximate surface area is 512 Å². The molecule has 2 atom stereocenters. The van der Waals surface area contributed by atoms with Gasteiger partial charge in [0, 0.05) is 12.8 Å². The van der Waals surface area contributed by atoms with E-state index in [0.29, 0.717) is 19.4 Å². The lowest BCUT2D eigenvalue weighted by Gasteiger charge is -2.20. The van der Waals surface area contributed by atoms with E-state index < -0.39 is 12.1 Å². The Kier molecular flexibility index (Phi) is 69.4. The van der Waals surface area contributed by atoms with Gasteiger partial charge in [0.15, 0.2) is 0 Å². The molecule has 0 aromatic heterocycles. The van der Waals surface area contributed by atoms with E-state index in [0.717, 1.165) is 51.4 Å². The van der Waals surface area contributed by atoms with Crippen LogP contribution in [0.5, 0.6) is 0 Å². The fourth-order valence-corrected chi connectivity index (χ4v) is 11.4. The molecule has 3 N–H and O–H groups in total. The Morgan fingerprint density at radius 2 is 0.610 bits per heavy atom. The lowest BCUT2D eigenvalue weighted by Crippen LogP contribution is -2.45. The summed E-state index contributed by atoms with van der Waals surface area (Å²) in [7, 11) is 0. The highest BCUT2D eigenvalue weighted by Crippen LogP contribution is 2.18. The first-order valence-corrected chi connectivity index (χ1v) is 36.9. The number of aliphatic hydroxyl groups excluding tert-OH is 2. The molecule has 0 aliphatic carbocycles. The summed E-state index contributed by atoms with van der Waals surface area (Å²) >= 11 is 0. The van der Waals surface area contributed by atoms with E-state index in [1.54, 1.807) is 6.08 Å². The molecule has 0 rings (SSSR count). The number of ether oxygens (including phenoxy) is 1. The third-order valence-electron chi connectivity index (χ3n) is 17.1. The number of nitrogens with one attached hydrogen (secondary N) is 1. The Morgan fingerprint density at radius 1 is 0.341 bits per heavy atom. The molecule has 0 bridgehead atoms. The van der Waals surface area contributed by atoms with Crippen molar-refractivity contribution in [3.63, 3.8) is 0 Å². The second-order valence-corrected chi connectivity index (χ2v) is 25.3. The van der Waals surface area contributed by atoms with Crippen molar-refractivity contribution in [2.45, 2.75) is 411 Å². The molecule has 0 spiro atoms. The van der Waals surface area contributed by atoms with Gasteiger partial charge < -0.3 is 20.3 Å². The Balaban J connectivity index is 3.31. The molecule has 0 fully saturated rings. The van der Waals surface area contributed by atoms with Crippen molar-refractivity contribution in [2.75, 3.05) is 13.2 Å². The Morgan fingerprint density at radius 3 is 0.951 bits per heavy atom. The van der Waals surface area contributed by atoms with Gasteiger partial charge in [-0.2, -0.15) is 0 Å². The molecule has 0 saturated heterocycles. The highest BCUT2D eigenvalue weighted by atomic mass is 16.5. The van der Waals surface area contributed by atoms with Gasteiger partial charge in [-0.1, -0.05) is 345 Å². The molecule has 0 aromatic rings. The fraction of sp³-hybridized carbons (Fsp3) is 0.868. The van der Waals surface area contributed by atoms with Crippen molar-refractivity contribution < 1.29 is 24.5 Å². The summed E-state index contributed by atoms with van der Waals surface area (Å²) in [6, 6.07) is -0.623. The van der Waals surface area contributed by atoms with E-state index in [1.807, 2.05) is 6.08 Å². The molecule has 1 amide bonds. The molecule has 82 heavy (non-hydrogen) atoms. The monoisotopic (exact) mass is 1150 g/mol. The largest absolute Gasteiger partial charge is 0.466 e. The number of allylic oxidation sites excluding steroid dienone is 7. The summed E-state index contributed by atoms with van der Waals surface area (Å²) in [5, 5.41) is 23.0. The zero-order chi connectivity index (χ0) is 59.2. The van der Waals surface area contributed by atoms with Crippen LogP contribution in [-0.4, -0.2) is 47.4 Å². The lowest BCUT2D eigenvalue weighted by molar-refractivity contribution is -0.143. The summed E-state index contributed by atoms with van der Waals surface area (Å²) in [6.45, 7) is 4.88. The lowest BCUT2D eigenvalue weighted by atomic mass is 10.0. The molecule has 0 radical (unpaired) electrons. The molecule has 0 heterocycles. The van der Waals surface area contributed by atoms with Crippen molar-refractivity contribution in [3.05, 3.63) is 48.6 Å². The second kappa shape index (κ2) is 71.3. The van der Waals surface area contributed by atoms with Crippen LogP contribution >= 0.6 is 0 Å². The molecule has 6 nitrogen and oxygen atoms in total. The first-order valence-electron chi connectivity index (χ1n) is 36.9. The van der Waals surface area contributed by atoms with Crippen LogP contribution in [0, 0.1) is 0 Å².